The Kier molecular flexibility index (Phi) is 3.06. The number of hydrogen-bond acceptors (Lipinski definition) is 1. The molecule has 82 valence electrons. The molecule has 0 aliphatic heterocycles. The van der Waals surface area contributed by atoms with Crippen LogP contribution in [0.2, 0.25) is 0 Å². The molecular weight excluding hydrogens is 191 g/mol. The van der Waals surface area contributed by atoms with Crippen LogP contribution in [0.3, 0.4) is 0 Å². The van der Waals surface area contributed by atoms with E-state index in [1.54, 1.807) is 6.07 Å². The van der Waals surface area contributed by atoms with Crippen molar-refractivity contribution in [2.24, 2.45) is 0 Å². The molecule has 1 aromatic rings. The number of aryl methyl sites for hydroxylation is 1. The monoisotopic (exact) mass is 208 g/mol. The molecule has 2 rings (SSSR count). The van der Waals surface area contributed by atoms with Crippen LogP contribution >= 0.6 is 0 Å². The molecule has 1 N–H and O–H groups in total. The van der Waals surface area contributed by atoms with E-state index in [4.69, 9.17) is 0 Å². The van der Waals surface area contributed by atoms with Gasteiger partial charge in [0.25, 0.3) is 0 Å². The standard InChI is InChI=1S/C13H17FO/c1-9-6-10(8-11(14)7-9)12-4-2-3-5-13(12)15/h6-8,12-13,15H,2-5H2,1H3. The van der Waals surface area contributed by atoms with E-state index in [9.17, 15) is 9.50 Å². The van der Waals surface area contributed by atoms with Gasteiger partial charge in [-0.15, -0.1) is 0 Å². The van der Waals surface area contributed by atoms with Crippen LogP contribution in [0.15, 0.2) is 18.2 Å². The average Bonchev–Trinajstić information content (AvgIpc) is 2.16. The molecule has 1 saturated carbocycles. The van der Waals surface area contributed by atoms with Crippen molar-refractivity contribution in [1.29, 1.82) is 0 Å². The van der Waals surface area contributed by atoms with Gasteiger partial charge in [-0.25, -0.2) is 4.39 Å². The molecule has 0 radical (unpaired) electrons. The summed E-state index contributed by atoms with van der Waals surface area (Å²) in [5, 5.41) is 9.88. The normalized spacial score (nSPS) is 26.6. The van der Waals surface area contributed by atoms with E-state index in [0.29, 0.717) is 0 Å². The van der Waals surface area contributed by atoms with Crippen LogP contribution in [0.1, 0.15) is 42.7 Å². The van der Waals surface area contributed by atoms with Gasteiger partial charge < -0.3 is 5.11 Å². The molecule has 0 amide bonds. The summed E-state index contributed by atoms with van der Waals surface area (Å²) in [6.45, 7) is 1.89. The Morgan fingerprint density at radius 3 is 2.60 bits per heavy atom. The van der Waals surface area contributed by atoms with Gasteiger partial charge in [-0.3, -0.25) is 0 Å². The molecule has 1 nitrogen and oxygen atoms in total. The maximum absolute atomic E-state index is 13.2. The van der Waals surface area contributed by atoms with Crippen LogP contribution in [-0.2, 0) is 0 Å². The lowest BCUT2D eigenvalue weighted by molar-refractivity contribution is 0.106. The molecule has 2 unspecified atom stereocenters. The highest BCUT2D eigenvalue weighted by Gasteiger charge is 2.24. The molecular formula is C13H17FO. The predicted molar refractivity (Wildman–Crippen MR) is 58.4 cm³/mol. The van der Waals surface area contributed by atoms with E-state index >= 15 is 0 Å². The lowest BCUT2D eigenvalue weighted by atomic mass is 9.81. The maximum atomic E-state index is 13.2. The molecule has 2 heteroatoms. The van der Waals surface area contributed by atoms with Crippen LogP contribution in [0.4, 0.5) is 4.39 Å². The summed E-state index contributed by atoms with van der Waals surface area (Å²) in [7, 11) is 0. The Morgan fingerprint density at radius 1 is 1.20 bits per heavy atom. The van der Waals surface area contributed by atoms with Gasteiger partial charge in [0, 0.05) is 5.92 Å². The first-order valence-corrected chi connectivity index (χ1v) is 5.62. The second-order valence-electron chi connectivity index (χ2n) is 4.52. The third-order valence-corrected chi connectivity index (χ3v) is 3.22. The molecule has 0 spiro atoms. The predicted octanol–water partition coefficient (Wildman–Crippen LogP) is 3.15. The molecule has 0 aromatic heterocycles. The second-order valence-corrected chi connectivity index (χ2v) is 4.52. The van der Waals surface area contributed by atoms with Crippen LogP contribution in [0, 0.1) is 12.7 Å². The molecule has 0 bridgehead atoms. The number of hydrogen-bond donors (Lipinski definition) is 1. The van der Waals surface area contributed by atoms with Gasteiger partial charge in [0.05, 0.1) is 6.10 Å². The summed E-state index contributed by atoms with van der Waals surface area (Å²) < 4.78 is 13.2. The molecule has 1 aliphatic rings. The van der Waals surface area contributed by atoms with Crippen molar-refractivity contribution >= 4 is 0 Å². The first kappa shape index (κ1) is 10.6. The van der Waals surface area contributed by atoms with E-state index < -0.39 is 0 Å². The van der Waals surface area contributed by atoms with Crippen molar-refractivity contribution in [2.75, 3.05) is 0 Å². The van der Waals surface area contributed by atoms with Crippen molar-refractivity contribution in [3.63, 3.8) is 0 Å². The number of aliphatic hydroxyl groups excluding tert-OH is 1. The zero-order valence-corrected chi connectivity index (χ0v) is 9.04. The smallest absolute Gasteiger partial charge is 0.123 e. The SMILES string of the molecule is Cc1cc(F)cc(C2CCCCC2O)c1. The highest BCUT2D eigenvalue weighted by Crippen LogP contribution is 2.33. The van der Waals surface area contributed by atoms with E-state index in [2.05, 4.69) is 0 Å². The van der Waals surface area contributed by atoms with E-state index in [1.165, 1.54) is 6.07 Å². The fourth-order valence-electron chi connectivity index (χ4n) is 2.48. The first-order chi connectivity index (χ1) is 7.16. The lowest BCUT2D eigenvalue weighted by Gasteiger charge is -2.28. The van der Waals surface area contributed by atoms with E-state index in [1.807, 2.05) is 13.0 Å². The van der Waals surface area contributed by atoms with Crippen molar-refractivity contribution < 1.29 is 9.50 Å². The molecule has 15 heavy (non-hydrogen) atoms. The van der Waals surface area contributed by atoms with Gasteiger partial charge in [-0.1, -0.05) is 18.9 Å². The molecule has 1 aromatic carbocycles. The summed E-state index contributed by atoms with van der Waals surface area (Å²) in [6, 6.07) is 5.08. The fourth-order valence-corrected chi connectivity index (χ4v) is 2.48. The Balaban J connectivity index is 2.27. The number of rotatable bonds is 1. The summed E-state index contributed by atoms with van der Waals surface area (Å²) >= 11 is 0. The summed E-state index contributed by atoms with van der Waals surface area (Å²) in [5.41, 5.74) is 1.89. The van der Waals surface area contributed by atoms with Crippen LogP contribution in [-0.4, -0.2) is 11.2 Å². The molecule has 1 fully saturated rings. The Hall–Kier alpha value is -0.890. The largest absolute Gasteiger partial charge is 0.392 e. The molecule has 0 heterocycles. The van der Waals surface area contributed by atoms with Gasteiger partial charge in [0.1, 0.15) is 5.82 Å². The van der Waals surface area contributed by atoms with Gasteiger partial charge >= 0.3 is 0 Å². The van der Waals surface area contributed by atoms with Gasteiger partial charge in [-0.2, -0.15) is 0 Å². The maximum Gasteiger partial charge on any atom is 0.123 e. The zero-order valence-electron chi connectivity index (χ0n) is 9.04. The summed E-state index contributed by atoms with van der Waals surface area (Å²) in [6.07, 6.45) is 3.76. The number of aliphatic hydroxyl groups is 1. The van der Waals surface area contributed by atoms with Gasteiger partial charge in [0.15, 0.2) is 0 Å². The van der Waals surface area contributed by atoms with Crippen LogP contribution in [0.25, 0.3) is 0 Å². The third kappa shape index (κ3) is 2.37. The van der Waals surface area contributed by atoms with Gasteiger partial charge in [0.2, 0.25) is 0 Å². The van der Waals surface area contributed by atoms with Crippen molar-refractivity contribution in [3.05, 3.63) is 35.1 Å². The molecule has 0 saturated heterocycles. The minimum atomic E-state index is -0.292. The van der Waals surface area contributed by atoms with Crippen LogP contribution in [0.5, 0.6) is 0 Å². The Morgan fingerprint density at radius 2 is 1.93 bits per heavy atom. The van der Waals surface area contributed by atoms with E-state index in [0.717, 1.165) is 36.8 Å². The summed E-state index contributed by atoms with van der Waals surface area (Å²) in [5.74, 6) is -0.0593. The highest BCUT2D eigenvalue weighted by atomic mass is 19.1. The van der Waals surface area contributed by atoms with Crippen molar-refractivity contribution in [1.82, 2.24) is 0 Å². The fraction of sp³-hybridized carbons (Fsp3) is 0.538. The summed E-state index contributed by atoms with van der Waals surface area (Å²) in [4.78, 5) is 0. The molecule has 1 aliphatic carbocycles. The number of benzene rings is 1. The second kappa shape index (κ2) is 4.31. The van der Waals surface area contributed by atoms with Crippen molar-refractivity contribution in [3.8, 4) is 0 Å². The minimum Gasteiger partial charge on any atom is -0.392 e. The van der Waals surface area contributed by atoms with E-state index in [-0.39, 0.29) is 17.8 Å². The first-order valence-electron chi connectivity index (χ1n) is 5.62. The van der Waals surface area contributed by atoms with Crippen LogP contribution < -0.4 is 0 Å². The van der Waals surface area contributed by atoms with Crippen molar-refractivity contribution in [2.45, 2.75) is 44.6 Å². The van der Waals surface area contributed by atoms with Gasteiger partial charge in [-0.05, 0) is 43.0 Å². The Bertz CT molecular complexity index is 328. The minimum absolute atomic E-state index is 0.133. The average molecular weight is 208 g/mol. The molecule has 2 atom stereocenters. The number of halogens is 1. The third-order valence-electron chi connectivity index (χ3n) is 3.22. The zero-order chi connectivity index (χ0) is 10.8. The highest BCUT2D eigenvalue weighted by molar-refractivity contribution is 5.27. The topological polar surface area (TPSA) is 20.2 Å². The lowest BCUT2D eigenvalue weighted by Crippen LogP contribution is -2.22. The quantitative estimate of drug-likeness (QED) is 0.751. The Labute approximate surface area is 89.9 Å².